The topological polar surface area (TPSA) is 30.5 Å². The Bertz CT molecular complexity index is 466. The summed E-state index contributed by atoms with van der Waals surface area (Å²) in [6, 6.07) is 6.79. The predicted octanol–water partition coefficient (Wildman–Crippen LogP) is 3.69. The van der Waals surface area contributed by atoms with E-state index in [9.17, 15) is 0 Å². The van der Waals surface area contributed by atoms with E-state index in [0.717, 1.165) is 11.5 Å². The van der Waals surface area contributed by atoms with Crippen molar-refractivity contribution in [1.82, 2.24) is 5.32 Å². The summed E-state index contributed by atoms with van der Waals surface area (Å²) < 4.78 is 11.3. The van der Waals surface area contributed by atoms with Crippen LogP contribution < -0.4 is 14.8 Å². The molecule has 3 nitrogen and oxygen atoms in total. The van der Waals surface area contributed by atoms with E-state index in [1.807, 2.05) is 0 Å². The van der Waals surface area contributed by atoms with Crippen molar-refractivity contribution >= 4 is 0 Å². The average molecular weight is 275 g/mol. The number of rotatable bonds is 3. The van der Waals surface area contributed by atoms with Crippen molar-refractivity contribution in [2.24, 2.45) is 5.41 Å². The molecule has 0 aromatic heterocycles. The van der Waals surface area contributed by atoms with Gasteiger partial charge in [0.1, 0.15) is 13.2 Å². The van der Waals surface area contributed by atoms with Gasteiger partial charge in [-0.3, -0.25) is 0 Å². The molecular formula is C17H25NO2. The first-order valence-electron chi connectivity index (χ1n) is 7.80. The molecule has 1 saturated carbocycles. The van der Waals surface area contributed by atoms with Crippen molar-refractivity contribution in [3.8, 4) is 11.5 Å². The second kappa shape index (κ2) is 5.65. The third-order valence-corrected chi connectivity index (χ3v) is 4.88. The largest absolute Gasteiger partial charge is 0.486 e. The molecule has 20 heavy (non-hydrogen) atoms. The van der Waals surface area contributed by atoms with Gasteiger partial charge < -0.3 is 14.8 Å². The summed E-state index contributed by atoms with van der Waals surface area (Å²) in [7, 11) is 2.07. The molecule has 0 spiro atoms. The van der Waals surface area contributed by atoms with Crippen LogP contribution in [0.25, 0.3) is 0 Å². The molecule has 0 radical (unpaired) electrons. The Hall–Kier alpha value is -1.22. The lowest BCUT2D eigenvalue weighted by Crippen LogP contribution is -2.36. The molecule has 1 aromatic rings. The SMILES string of the molecule is CNC(c1ccc2c(c1)OCCO2)C1(C)CCCCC1. The minimum Gasteiger partial charge on any atom is -0.486 e. The highest BCUT2D eigenvalue weighted by molar-refractivity contribution is 5.45. The number of hydrogen-bond donors (Lipinski definition) is 1. The molecule has 1 heterocycles. The van der Waals surface area contributed by atoms with E-state index in [-0.39, 0.29) is 0 Å². The zero-order chi connectivity index (χ0) is 14.0. The monoisotopic (exact) mass is 275 g/mol. The zero-order valence-corrected chi connectivity index (χ0v) is 12.6. The standard InChI is InChI=1S/C17H25NO2/c1-17(8-4-3-5-9-17)16(18-2)13-6-7-14-15(12-13)20-11-10-19-14/h6-7,12,16,18H,3-5,8-11H2,1-2H3. The van der Waals surface area contributed by atoms with Gasteiger partial charge >= 0.3 is 0 Å². The molecular weight excluding hydrogens is 250 g/mol. The molecule has 1 aromatic carbocycles. The van der Waals surface area contributed by atoms with E-state index < -0.39 is 0 Å². The van der Waals surface area contributed by atoms with Crippen LogP contribution in [-0.4, -0.2) is 20.3 Å². The fourth-order valence-corrected chi connectivity index (χ4v) is 3.81. The molecule has 2 aliphatic rings. The minimum atomic E-state index is 0.344. The lowest BCUT2D eigenvalue weighted by Gasteiger charge is -2.41. The highest BCUT2D eigenvalue weighted by Gasteiger charge is 2.36. The van der Waals surface area contributed by atoms with Gasteiger partial charge in [-0.05, 0) is 43.0 Å². The first kappa shape index (κ1) is 13.7. The van der Waals surface area contributed by atoms with Crippen molar-refractivity contribution in [2.75, 3.05) is 20.3 Å². The van der Waals surface area contributed by atoms with E-state index >= 15 is 0 Å². The van der Waals surface area contributed by atoms with E-state index in [1.54, 1.807) is 0 Å². The van der Waals surface area contributed by atoms with E-state index in [4.69, 9.17) is 9.47 Å². The quantitative estimate of drug-likeness (QED) is 0.912. The van der Waals surface area contributed by atoms with E-state index in [1.165, 1.54) is 37.7 Å². The molecule has 0 bridgehead atoms. The van der Waals surface area contributed by atoms with Crippen LogP contribution in [0.5, 0.6) is 11.5 Å². The van der Waals surface area contributed by atoms with Crippen molar-refractivity contribution in [2.45, 2.75) is 45.1 Å². The Balaban J connectivity index is 1.88. The second-order valence-electron chi connectivity index (χ2n) is 6.34. The van der Waals surface area contributed by atoms with E-state index in [0.29, 0.717) is 24.7 Å². The molecule has 3 rings (SSSR count). The molecule has 1 aliphatic heterocycles. The fourth-order valence-electron chi connectivity index (χ4n) is 3.81. The Morgan fingerprint density at radius 3 is 2.45 bits per heavy atom. The van der Waals surface area contributed by atoms with Gasteiger partial charge in [-0.25, -0.2) is 0 Å². The van der Waals surface area contributed by atoms with Crippen LogP contribution in [0.2, 0.25) is 0 Å². The van der Waals surface area contributed by atoms with Crippen molar-refractivity contribution in [3.63, 3.8) is 0 Å². The van der Waals surface area contributed by atoms with E-state index in [2.05, 4.69) is 37.5 Å². The van der Waals surface area contributed by atoms with Crippen LogP contribution in [0, 0.1) is 5.41 Å². The van der Waals surface area contributed by atoms with Crippen molar-refractivity contribution < 1.29 is 9.47 Å². The van der Waals surface area contributed by atoms with Gasteiger partial charge in [0.15, 0.2) is 11.5 Å². The molecule has 0 saturated heterocycles. The molecule has 1 N–H and O–H groups in total. The van der Waals surface area contributed by atoms with Gasteiger partial charge in [-0.1, -0.05) is 32.3 Å². The summed E-state index contributed by atoms with van der Waals surface area (Å²) in [5.74, 6) is 1.78. The maximum atomic E-state index is 5.73. The normalized spacial score (nSPS) is 22.3. The Morgan fingerprint density at radius 1 is 1.05 bits per heavy atom. The fraction of sp³-hybridized carbons (Fsp3) is 0.647. The van der Waals surface area contributed by atoms with Crippen LogP contribution in [0.4, 0.5) is 0 Å². The molecule has 3 heteroatoms. The third-order valence-electron chi connectivity index (χ3n) is 4.88. The summed E-state index contributed by atoms with van der Waals surface area (Å²) in [4.78, 5) is 0. The Labute approximate surface area is 121 Å². The van der Waals surface area contributed by atoms with Crippen LogP contribution in [0.15, 0.2) is 18.2 Å². The highest BCUT2D eigenvalue weighted by atomic mass is 16.6. The summed E-state index contributed by atoms with van der Waals surface area (Å²) >= 11 is 0. The molecule has 110 valence electrons. The van der Waals surface area contributed by atoms with Gasteiger partial charge in [-0.2, -0.15) is 0 Å². The Morgan fingerprint density at radius 2 is 1.75 bits per heavy atom. The number of benzene rings is 1. The van der Waals surface area contributed by atoms with Gasteiger partial charge in [0.2, 0.25) is 0 Å². The lowest BCUT2D eigenvalue weighted by atomic mass is 9.68. The van der Waals surface area contributed by atoms with Crippen molar-refractivity contribution in [3.05, 3.63) is 23.8 Å². The van der Waals surface area contributed by atoms with Gasteiger partial charge in [0.05, 0.1) is 0 Å². The molecule has 1 unspecified atom stereocenters. The van der Waals surface area contributed by atoms with Crippen LogP contribution in [-0.2, 0) is 0 Å². The maximum Gasteiger partial charge on any atom is 0.161 e. The minimum absolute atomic E-state index is 0.344. The number of hydrogen-bond acceptors (Lipinski definition) is 3. The zero-order valence-electron chi connectivity index (χ0n) is 12.6. The average Bonchev–Trinajstić information content (AvgIpc) is 2.48. The summed E-state index contributed by atoms with van der Waals surface area (Å²) in [6.07, 6.45) is 6.67. The Kier molecular flexibility index (Phi) is 3.88. The first-order valence-corrected chi connectivity index (χ1v) is 7.80. The first-order chi connectivity index (χ1) is 9.73. The smallest absolute Gasteiger partial charge is 0.161 e. The molecule has 1 atom stereocenters. The number of nitrogens with one attached hydrogen (secondary N) is 1. The summed E-state index contributed by atoms with van der Waals surface area (Å²) in [5, 5.41) is 3.54. The number of ether oxygens (including phenoxy) is 2. The molecule has 0 amide bonds. The van der Waals surface area contributed by atoms with Gasteiger partial charge in [0.25, 0.3) is 0 Å². The predicted molar refractivity (Wildman–Crippen MR) is 80.4 cm³/mol. The third kappa shape index (κ3) is 2.51. The summed E-state index contributed by atoms with van der Waals surface area (Å²) in [6.45, 7) is 3.72. The highest BCUT2D eigenvalue weighted by Crippen LogP contribution is 2.46. The van der Waals surface area contributed by atoms with Gasteiger partial charge in [-0.15, -0.1) is 0 Å². The van der Waals surface area contributed by atoms with Gasteiger partial charge in [0, 0.05) is 6.04 Å². The van der Waals surface area contributed by atoms with Crippen molar-refractivity contribution in [1.29, 1.82) is 0 Å². The second-order valence-corrected chi connectivity index (χ2v) is 6.34. The maximum absolute atomic E-state index is 5.73. The van der Waals surface area contributed by atoms with Crippen LogP contribution >= 0.6 is 0 Å². The molecule has 1 fully saturated rings. The summed E-state index contributed by atoms with van der Waals surface area (Å²) in [5.41, 5.74) is 1.66. The number of fused-ring (bicyclic) bond motifs is 1. The molecule has 1 aliphatic carbocycles. The van der Waals surface area contributed by atoms with Crippen LogP contribution in [0.3, 0.4) is 0 Å². The van der Waals surface area contributed by atoms with Crippen LogP contribution in [0.1, 0.15) is 50.6 Å². The lowest BCUT2D eigenvalue weighted by molar-refractivity contribution is 0.148.